The smallest absolute Gasteiger partial charge is 0.0184 e. The molecule has 1 aromatic carbocycles. The molecule has 13 heavy (non-hydrogen) atoms. The van der Waals surface area contributed by atoms with E-state index in [2.05, 4.69) is 42.5 Å². The van der Waals surface area contributed by atoms with Crippen molar-refractivity contribution in [2.75, 3.05) is 6.54 Å². The molecule has 66 valence electrons. The van der Waals surface area contributed by atoms with Crippen LogP contribution in [0, 0.1) is 0 Å². The summed E-state index contributed by atoms with van der Waals surface area (Å²) in [6.45, 7) is 0.612. The summed E-state index contributed by atoms with van der Waals surface area (Å²) in [6.07, 6.45) is 7.37. The van der Waals surface area contributed by atoms with E-state index >= 15 is 0 Å². The SMILES string of the molecule is NCC1=CC=CCc2ccccc21. The monoisotopic (exact) mass is 171 g/mol. The van der Waals surface area contributed by atoms with Crippen molar-refractivity contribution in [3.05, 3.63) is 53.6 Å². The Bertz CT molecular complexity index is 361. The summed E-state index contributed by atoms with van der Waals surface area (Å²) in [5, 5.41) is 0. The van der Waals surface area contributed by atoms with Gasteiger partial charge in [-0.1, -0.05) is 42.5 Å². The van der Waals surface area contributed by atoms with E-state index < -0.39 is 0 Å². The van der Waals surface area contributed by atoms with Crippen molar-refractivity contribution in [1.29, 1.82) is 0 Å². The van der Waals surface area contributed by atoms with Gasteiger partial charge in [-0.2, -0.15) is 0 Å². The molecule has 2 N–H and O–H groups in total. The van der Waals surface area contributed by atoms with E-state index in [1.165, 1.54) is 16.7 Å². The van der Waals surface area contributed by atoms with E-state index in [1.807, 2.05) is 0 Å². The number of hydrogen-bond acceptors (Lipinski definition) is 1. The lowest BCUT2D eigenvalue weighted by atomic mass is 9.99. The number of fused-ring (bicyclic) bond motifs is 1. The summed E-state index contributed by atoms with van der Waals surface area (Å²) < 4.78 is 0. The van der Waals surface area contributed by atoms with Gasteiger partial charge in [-0.25, -0.2) is 0 Å². The summed E-state index contributed by atoms with van der Waals surface area (Å²) in [6, 6.07) is 8.44. The molecule has 1 heteroatoms. The Morgan fingerprint density at radius 3 is 2.92 bits per heavy atom. The fraction of sp³-hybridized carbons (Fsp3) is 0.167. The van der Waals surface area contributed by atoms with E-state index in [1.54, 1.807) is 0 Å². The maximum absolute atomic E-state index is 5.69. The van der Waals surface area contributed by atoms with Gasteiger partial charge in [0, 0.05) is 6.54 Å². The quantitative estimate of drug-likeness (QED) is 0.688. The third kappa shape index (κ3) is 1.56. The van der Waals surface area contributed by atoms with Crippen LogP contribution >= 0.6 is 0 Å². The van der Waals surface area contributed by atoms with Crippen molar-refractivity contribution in [3.63, 3.8) is 0 Å². The lowest BCUT2D eigenvalue weighted by molar-refractivity contribution is 1.22. The largest absolute Gasteiger partial charge is 0.326 e. The molecule has 0 radical (unpaired) electrons. The van der Waals surface area contributed by atoms with Gasteiger partial charge < -0.3 is 5.73 Å². The topological polar surface area (TPSA) is 26.0 Å². The van der Waals surface area contributed by atoms with E-state index in [4.69, 9.17) is 5.73 Å². The average Bonchev–Trinajstić information content (AvgIpc) is 2.39. The molecule has 0 saturated heterocycles. The summed E-state index contributed by atoms with van der Waals surface area (Å²) in [5.41, 5.74) is 9.58. The second-order valence-electron chi connectivity index (χ2n) is 3.19. The van der Waals surface area contributed by atoms with Gasteiger partial charge in [-0.3, -0.25) is 0 Å². The second kappa shape index (κ2) is 3.58. The van der Waals surface area contributed by atoms with E-state index in [-0.39, 0.29) is 0 Å². The van der Waals surface area contributed by atoms with Crippen molar-refractivity contribution in [2.24, 2.45) is 5.73 Å². The molecule has 1 aromatic rings. The lowest BCUT2D eigenvalue weighted by Gasteiger charge is -2.07. The standard InChI is InChI=1S/C12H13N/c13-9-11-7-2-1-5-10-6-3-4-8-12(10)11/h1-4,6-8H,5,9,13H2. The van der Waals surface area contributed by atoms with Crippen molar-refractivity contribution in [3.8, 4) is 0 Å². The van der Waals surface area contributed by atoms with Gasteiger partial charge in [0.1, 0.15) is 0 Å². The predicted octanol–water partition coefficient (Wildman–Crippen LogP) is 2.14. The van der Waals surface area contributed by atoms with Gasteiger partial charge in [-0.15, -0.1) is 0 Å². The molecule has 0 aliphatic heterocycles. The van der Waals surface area contributed by atoms with Gasteiger partial charge in [0.25, 0.3) is 0 Å². The Balaban J connectivity index is 2.53. The number of allylic oxidation sites excluding steroid dienone is 3. The summed E-state index contributed by atoms with van der Waals surface area (Å²) in [5.74, 6) is 0. The van der Waals surface area contributed by atoms with E-state index in [0.717, 1.165) is 6.42 Å². The molecule has 0 unspecified atom stereocenters. The maximum Gasteiger partial charge on any atom is 0.0184 e. The predicted molar refractivity (Wildman–Crippen MR) is 56.3 cm³/mol. The van der Waals surface area contributed by atoms with Crippen molar-refractivity contribution < 1.29 is 0 Å². The van der Waals surface area contributed by atoms with Gasteiger partial charge in [-0.05, 0) is 23.1 Å². The highest BCUT2D eigenvalue weighted by atomic mass is 14.5. The molecule has 0 fully saturated rings. The van der Waals surface area contributed by atoms with Gasteiger partial charge in [0.15, 0.2) is 0 Å². The van der Waals surface area contributed by atoms with E-state index in [0.29, 0.717) is 6.54 Å². The van der Waals surface area contributed by atoms with Crippen LogP contribution in [-0.4, -0.2) is 6.54 Å². The van der Waals surface area contributed by atoms with Crippen LogP contribution in [0.15, 0.2) is 42.5 Å². The molecular formula is C12H13N. The fourth-order valence-corrected chi connectivity index (χ4v) is 1.66. The molecule has 0 amide bonds. The third-order valence-corrected chi connectivity index (χ3v) is 2.35. The fourth-order valence-electron chi connectivity index (χ4n) is 1.66. The number of rotatable bonds is 1. The number of benzene rings is 1. The Morgan fingerprint density at radius 1 is 1.23 bits per heavy atom. The minimum Gasteiger partial charge on any atom is -0.326 e. The van der Waals surface area contributed by atoms with Crippen LogP contribution in [0.4, 0.5) is 0 Å². The summed E-state index contributed by atoms with van der Waals surface area (Å²) >= 11 is 0. The summed E-state index contributed by atoms with van der Waals surface area (Å²) in [7, 11) is 0. The molecule has 1 nitrogen and oxygen atoms in total. The molecule has 0 aromatic heterocycles. The molecule has 1 aliphatic rings. The van der Waals surface area contributed by atoms with Crippen molar-refractivity contribution >= 4 is 5.57 Å². The third-order valence-electron chi connectivity index (χ3n) is 2.35. The second-order valence-corrected chi connectivity index (χ2v) is 3.19. The Hall–Kier alpha value is -1.34. The highest BCUT2D eigenvalue weighted by Crippen LogP contribution is 2.21. The van der Waals surface area contributed by atoms with Crippen LogP contribution in [0.5, 0.6) is 0 Å². The zero-order chi connectivity index (χ0) is 9.10. The van der Waals surface area contributed by atoms with Crippen LogP contribution in [0.2, 0.25) is 0 Å². The Kier molecular flexibility index (Phi) is 2.28. The Morgan fingerprint density at radius 2 is 2.08 bits per heavy atom. The van der Waals surface area contributed by atoms with Crippen LogP contribution in [0.1, 0.15) is 11.1 Å². The average molecular weight is 171 g/mol. The van der Waals surface area contributed by atoms with Gasteiger partial charge >= 0.3 is 0 Å². The first kappa shape index (κ1) is 8.27. The van der Waals surface area contributed by atoms with Crippen molar-refractivity contribution in [2.45, 2.75) is 6.42 Å². The molecule has 2 rings (SSSR count). The maximum atomic E-state index is 5.69. The Labute approximate surface area is 78.6 Å². The molecule has 0 saturated carbocycles. The van der Waals surface area contributed by atoms with Gasteiger partial charge in [0.05, 0.1) is 0 Å². The van der Waals surface area contributed by atoms with Gasteiger partial charge in [0.2, 0.25) is 0 Å². The molecule has 0 spiro atoms. The van der Waals surface area contributed by atoms with E-state index in [9.17, 15) is 0 Å². The van der Waals surface area contributed by atoms with Crippen LogP contribution in [0.25, 0.3) is 5.57 Å². The minimum absolute atomic E-state index is 0.612. The molecule has 0 heterocycles. The highest BCUT2D eigenvalue weighted by molar-refractivity contribution is 5.71. The summed E-state index contributed by atoms with van der Waals surface area (Å²) in [4.78, 5) is 0. The number of hydrogen-bond donors (Lipinski definition) is 1. The molecule has 0 atom stereocenters. The first-order valence-corrected chi connectivity index (χ1v) is 4.56. The molecule has 1 aliphatic carbocycles. The van der Waals surface area contributed by atoms with Crippen LogP contribution < -0.4 is 5.73 Å². The van der Waals surface area contributed by atoms with Crippen LogP contribution in [0.3, 0.4) is 0 Å². The zero-order valence-electron chi connectivity index (χ0n) is 7.53. The first-order valence-electron chi connectivity index (χ1n) is 4.56. The number of nitrogens with two attached hydrogens (primary N) is 1. The van der Waals surface area contributed by atoms with Crippen molar-refractivity contribution in [1.82, 2.24) is 0 Å². The molecular weight excluding hydrogens is 158 g/mol. The normalized spacial score (nSPS) is 14.7. The highest BCUT2D eigenvalue weighted by Gasteiger charge is 2.05. The molecule has 0 bridgehead atoms. The lowest BCUT2D eigenvalue weighted by Crippen LogP contribution is -2.03. The van der Waals surface area contributed by atoms with Crippen LogP contribution in [-0.2, 0) is 6.42 Å². The zero-order valence-corrected chi connectivity index (χ0v) is 7.53. The first-order chi connectivity index (χ1) is 6.42. The minimum atomic E-state index is 0.612.